The second kappa shape index (κ2) is 10.4. The maximum atomic E-state index is 13.1. The Hall–Kier alpha value is -3.82. The van der Waals surface area contributed by atoms with E-state index < -0.39 is 6.03 Å². The lowest BCUT2D eigenvalue weighted by Gasteiger charge is -2.14. The number of benzene rings is 2. The molecule has 0 aliphatic rings. The van der Waals surface area contributed by atoms with E-state index >= 15 is 0 Å². The Morgan fingerprint density at radius 1 is 1.12 bits per heavy atom. The topological polar surface area (TPSA) is 95.2 Å². The summed E-state index contributed by atoms with van der Waals surface area (Å²) in [5, 5.41) is 15.2. The molecule has 9 nitrogen and oxygen atoms in total. The van der Waals surface area contributed by atoms with E-state index in [4.69, 9.17) is 26.2 Å². The number of carbonyl (C=O) groups excluding carboxylic acids is 1. The summed E-state index contributed by atoms with van der Waals surface area (Å²) in [5.74, 6) is 1.02. The van der Waals surface area contributed by atoms with Crippen LogP contribution >= 0.6 is 11.6 Å². The Labute approximate surface area is 202 Å². The van der Waals surface area contributed by atoms with Gasteiger partial charge in [-0.1, -0.05) is 29.8 Å². The van der Waals surface area contributed by atoms with Crippen molar-refractivity contribution in [3.05, 3.63) is 71.5 Å². The van der Waals surface area contributed by atoms with Crippen LogP contribution in [0.25, 0.3) is 16.9 Å². The minimum Gasteiger partial charge on any atom is -0.489 e. The minimum absolute atomic E-state index is 0.336. The third-order valence-electron chi connectivity index (χ3n) is 5.07. The smallest absolute Gasteiger partial charge is 0.324 e. The zero-order valence-corrected chi connectivity index (χ0v) is 19.8. The highest BCUT2D eigenvalue weighted by molar-refractivity contribution is 6.31. The van der Waals surface area contributed by atoms with Crippen molar-refractivity contribution in [1.29, 1.82) is 0 Å². The van der Waals surface area contributed by atoms with Gasteiger partial charge in [-0.2, -0.15) is 10.2 Å². The second-order valence-corrected chi connectivity index (χ2v) is 7.97. The number of rotatable bonds is 8. The monoisotopic (exact) mass is 480 g/mol. The van der Waals surface area contributed by atoms with Gasteiger partial charge in [0.15, 0.2) is 0 Å². The molecule has 2 aromatic heterocycles. The van der Waals surface area contributed by atoms with Crippen LogP contribution in [0.2, 0.25) is 5.02 Å². The van der Waals surface area contributed by atoms with Crippen molar-refractivity contribution in [2.75, 3.05) is 31.0 Å². The molecule has 0 unspecified atom stereocenters. The number of urea groups is 1. The summed E-state index contributed by atoms with van der Waals surface area (Å²) in [5.41, 5.74) is 3.62. The molecule has 4 aromatic rings. The van der Waals surface area contributed by atoms with E-state index in [1.54, 1.807) is 40.9 Å². The van der Waals surface area contributed by atoms with Crippen LogP contribution in [0.5, 0.6) is 5.75 Å². The molecule has 0 atom stereocenters. The number of aromatic nitrogens is 4. The number of nitrogens with zero attached hydrogens (tertiary/aromatic N) is 4. The zero-order valence-electron chi connectivity index (χ0n) is 19.1. The van der Waals surface area contributed by atoms with E-state index in [1.807, 2.05) is 50.5 Å². The van der Waals surface area contributed by atoms with E-state index in [0.717, 1.165) is 22.5 Å². The molecule has 2 aromatic carbocycles. The first-order valence-corrected chi connectivity index (χ1v) is 11.0. The molecule has 176 valence electrons. The van der Waals surface area contributed by atoms with Gasteiger partial charge in [0, 0.05) is 36.5 Å². The number of anilines is 2. The molecule has 0 radical (unpaired) electrons. The summed E-state index contributed by atoms with van der Waals surface area (Å²) in [4.78, 5) is 13.1. The predicted octanol–water partition coefficient (Wildman–Crippen LogP) is 4.90. The van der Waals surface area contributed by atoms with Gasteiger partial charge in [-0.15, -0.1) is 0 Å². The van der Waals surface area contributed by atoms with Crippen LogP contribution in [0.4, 0.5) is 16.3 Å². The van der Waals surface area contributed by atoms with Crippen molar-refractivity contribution in [3.8, 4) is 22.7 Å². The first-order valence-electron chi connectivity index (χ1n) is 10.6. The average Bonchev–Trinajstić information content (AvgIpc) is 3.39. The summed E-state index contributed by atoms with van der Waals surface area (Å²) < 4.78 is 14.1. The number of carbonyl (C=O) groups is 1. The summed E-state index contributed by atoms with van der Waals surface area (Å²) in [6.45, 7) is 2.66. The highest BCUT2D eigenvalue weighted by atomic mass is 35.5. The van der Waals surface area contributed by atoms with E-state index in [1.165, 1.54) is 0 Å². The minimum atomic E-state index is -0.461. The van der Waals surface area contributed by atoms with Gasteiger partial charge in [0.2, 0.25) is 0 Å². The largest absolute Gasteiger partial charge is 0.489 e. The molecule has 0 spiro atoms. The quantitative estimate of drug-likeness (QED) is 0.349. The average molecular weight is 481 g/mol. The number of hydrogen-bond donors (Lipinski definition) is 2. The standard InChI is InChI=1S/C24H25ClN6O3/c1-16-22(17-14-26-30(2)15-17)29-31(19-7-5-4-6-8-19)23(16)28-24(32)27-20-13-18(25)9-10-21(20)34-12-11-33-3/h4-10,13-15H,11-12H2,1-3H3,(H2,27,28,32). The van der Waals surface area contributed by atoms with Gasteiger partial charge in [0.25, 0.3) is 0 Å². The van der Waals surface area contributed by atoms with Crippen LogP contribution in [0, 0.1) is 6.92 Å². The fourth-order valence-electron chi connectivity index (χ4n) is 3.44. The maximum absolute atomic E-state index is 13.1. The Morgan fingerprint density at radius 3 is 2.62 bits per heavy atom. The second-order valence-electron chi connectivity index (χ2n) is 7.53. The summed E-state index contributed by atoms with van der Waals surface area (Å²) in [7, 11) is 3.44. The highest BCUT2D eigenvalue weighted by Crippen LogP contribution is 2.31. The molecule has 0 saturated heterocycles. The van der Waals surface area contributed by atoms with Gasteiger partial charge >= 0.3 is 6.03 Å². The van der Waals surface area contributed by atoms with E-state index in [2.05, 4.69) is 15.7 Å². The lowest BCUT2D eigenvalue weighted by atomic mass is 10.1. The Morgan fingerprint density at radius 2 is 1.91 bits per heavy atom. The first-order chi connectivity index (χ1) is 16.5. The molecule has 0 fully saturated rings. The van der Waals surface area contributed by atoms with Crippen LogP contribution in [0.15, 0.2) is 60.9 Å². The van der Waals surface area contributed by atoms with Crippen LogP contribution in [0.3, 0.4) is 0 Å². The first kappa shape index (κ1) is 23.3. The van der Waals surface area contributed by atoms with E-state index in [9.17, 15) is 4.79 Å². The van der Waals surface area contributed by atoms with Crippen molar-refractivity contribution < 1.29 is 14.3 Å². The molecule has 0 bridgehead atoms. The maximum Gasteiger partial charge on any atom is 0.324 e. The van der Waals surface area contributed by atoms with E-state index in [0.29, 0.717) is 35.5 Å². The molecule has 4 rings (SSSR count). The number of ether oxygens (including phenoxy) is 2. The Bertz CT molecular complexity index is 1290. The normalized spacial score (nSPS) is 10.8. The lowest BCUT2D eigenvalue weighted by Crippen LogP contribution is -2.22. The zero-order chi connectivity index (χ0) is 24.1. The van der Waals surface area contributed by atoms with Gasteiger partial charge in [-0.25, -0.2) is 9.48 Å². The molecule has 2 N–H and O–H groups in total. The molecule has 0 aliphatic carbocycles. The summed E-state index contributed by atoms with van der Waals surface area (Å²) >= 11 is 6.15. The van der Waals surface area contributed by atoms with Crippen molar-refractivity contribution >= 4 is 29.1 Å². The molecule has 10 heteroatoms. The molecular formula is C24H25ClN6O3. The fraction of sp³-hybridized carbons (Fsp3) is 0.208. The number of para-hydroxylation sites is 1. The van der Waals surface area contributed by atoms with Crippen molar-refractivity contribution in [2.24, 2.45) is 7.05 Å². The highest BCUT2D eigenvalue weighted by Gasteiger charge is 2.20. The third kappa shape index (κ3) is 5.22. The van der Waals surface area contributed by atoms with Gasteiger partial charge in [-0.05, 0) is 37.3 Å². The molecule has 34 heavy (non-hydrogen) atoms. The van der Waals surface area contributed by atoms with Crippen LogP contribution in [0.1, 0.15) is 5.56 Å². The van der Waals surface area contributed by atoms with Crippen LogP contribution in [-0.2, 0) is 11.8 Å². The molecule has 2 amide bonds. The van der Waals surface area contributed by atoms with Gasteiger partial charge in [0.05, 0.1) is 24.2 Å². The Balaban J connectivity index is 1.64. The number of methoxy groups -OCH3 is 1. The molecule has 0 saturated carbocycles. The third-order valence-corrected chi connectivity index (χ3v) is 5.30. The number of aryl methyl sites for hydroxylation is 1. The number of nitrogens with one attached hydrogen (secondary N) is 2. The predicted molar refractivity (Wildman–Crippen MR) is 132 cm³/mol. The number of halogens is 1. The van der Waals surface area contributed by atoms with Crippen LogP contribution < -0.4 is 15.4 Å². The van der Waals surface area contributed by atoms with Crippen molar-refractivity contribution in [1.82, 2.24) is 19.6 Å². The summed E-state index contributed by atoms with van der Waals surface area (Å²) in [6, 6.07) is 14.2. The van der Waals surface area contributed by atoms with Crippen molar-refractivity contribution in [3.63, 3.8) is 0 Å². The van der Waals surface area contributed by atoms with E-state index in [-0.39, 0.29) is 0 Å². The van der Waals surface area contributed by atoms with Crippen molar-refractivity contribution in [2.45, 2.75) is 6.92 Å². The fourth-order valence-corrected chi connectivity index (χ4v) is 3.61. The lowest BCUT2D eigenvalue weighted by molar-refractivity contribution is 0.146. The molecular weight excluding hydrogens is 456 g/mol. The summed E-state index contributed by atoms with van der Waals surface area (Å²) in [6.07, 6.45) is 3.62. The van der Waals surface area contributed by atoms with Crippen LogP contribution in [-0.4, -0.2) is 45.9 Å². The molecule has 0 aliphatic heterocycles. The Kier molecular flexibility index (Phi) is 7.15. The van der Waals surface area contributed by atoms with Gasteiger partial charge < -0.3 is 14.8 Å². The van der Waals surface area contributed by atoms with Gasteiger partial charge in [0.1, 0.15) is 23.9 Å². The molecule has 2 heterocycles. The number of hydrogen-bond acceptors (Lipinski definition) is 5. The van der Waals surface area contributed by atoms with Gasteiger partial charge in [-0.3, -0.25) is 10.00 Å². The SMILES string of the molecule is COCCOc1ccc(Cl)cc1NC(=O)Nc1c(C)c(-c2cnn(C)c2)nn1-c1ccccc1. The number of amides is 2.